The Morgan fingerprint density at radius 2 is 1.69 bits per heavy atom. The molecule has 3 aromatic carbocycles. The van der Waals surface area contributed by atoms with Crippen molar-refractivity contribution in [3.05, 3.63) is 111 Å². The minimum Gasteiger partial charge on any atom is -0.487 e. The number of H-pyrrole nitrogens is 1. The molecule has 0 aliphatic carbocycles. The molecule has 1 atom stereocenters. The second-order valence-electron chi connectivity index (χ2n) is 8.38. The Morgan fingerprint density at radius 1 is 0.906 bits per heavy atom. The number of aryl methyl sites for hydroxylation is 1. The fourth-order valence-electron chi connectivity index (χ4n) is 3.95. The Balaban J connectivity index is 1.45. The largest absolute Gasteiger partial charge is 0.487 e. The van der Waals surface area contributed by atoms with Crippen LogP contribution in [0, 0.1) is 6.92 Å². The fraction of sp³-hybridized carbons (Fsp3) is 0.250. The van der Waals surface area contributed by atoms with E-state index in [4.69, 9.17) is 4.74 Å². The molecule has 4 rings (SSSR count). The first-order valence-corrected chi connectivity index (χ1v) is 11.2. The monoisotopic (exact) mass is 426 g/mol. The predicted molar refractivity (Wildman–Crippen MR) is 132 cm³/mol. The lowest BCUT2D eigenvalue weighted by molar-refractivity contribution is 0.309. The Bertz CT molecular complexity index is 1210. The van der Waals surface area contributed by atoms with Gasteiger partial charge in [-0.3, -0.25) is 4.79 Å². The van der Waals surface area contributed by atoms with Gasteiger partial charge in [-0.2, -0.15) is 0 Å². The van der Waals surface area contributed by atoms with E-state index < -0.39 is 0 Å². The Kier molecular flexibility index (Phi) is 7.03. The molecule has 0 amide bonds. The summed E-state index contributed by atoms with van der Waals surface area (Å²) in [6, 6.07) is 26.3. The minimum absolute atomic E-state index is 0.122. The van der Waals surface area contributed by atoms with Gasteiger partial charge in [0.2, 0.25) is 5.56 Å². The van der Waals surface area contributed by atoms with E-state index in [2.05, 4.69) is 54.5 Å². The van der Waals surface area contributed by atoms with Gasteiger partial charge in [0.05, 0.1) is 5.52 Å². The molecule has 0 aliphatic rings. The first-order valence-electron chi connectivity index (χ1n) is 11.2. The number of aromatic amines is 1. The molecule has 0 spiro atoms. The summed E-state index contributed by atoms with van der Waals surface area (Å²) in [5, 5.41) is 4.61. The number of pyridine rings is 1. The van der Waals surface area contributed by atoms with Gasteiger partial charge in [-0.25, -0.2) is 0 Å². The molecule has 1 aromatic heterocycles. The highest BCUT2D eigenvalue weighted by Gasteiger charge is 2.13. The maximum absolute atomic E-state index is 12.0. The highest BCUT2D eigenvalue weighted by molar-refractivity contribution is 5.87. The second-order valence-corrected chi connectivity index (χ2v) is 8.38. The fourth-order valence-corrected chi connectivity index (χ4v) is 3.95. The molecule has 0 saturated heterocycles. The zero-order chi connectivity index (χ0) is 22.3. The van der Waals surface area contributed by atoms with Crippen molar-refractivity contribution in [1.82, 2.24) is 10.3 Å². The molecule has 164 valence electrons. The van der Waals surface area contributed by atoms with Crippen molar-refractivity contribution >= 4 is 10.9 Å². The van der Waals surface area contributed by atoms with E-state index in [0.717, 1.165) is 36.0 Å². The Hall–Kier alpha value is -3.37. The molecule has 32 heavy (non-hydrogen) atoms. The van der Waals surface area contributed by atoms with E-state index in [9.17, 15) is 4.79 Å². The summed E-state index contributed by atoms with van der Waals surface area (Å²) in [6.45, 7) is 6.58. The molecule has 0 radical (unpaired) electrons. The van der Waals surface area contributed by atoms with E-state index in [1.807, 2.05) is 42.5 Å². The van der Waals surface area contributed by atoms with Gasteiger partial charge in [0.1, 0.15) is 12.4 Å². The maximum atomic E-state index is 12.0. The topological polar surface area (TPSA) is 54.1 Å². The molecule has 0 unspecified atom stereocenters. The summed E-state index contributed by atoms with van der Waals surface area (Å²) in [5.74, 6) is 0.995. The Morgan fingerprint density at radius 3 is 2.47 bits per heavy atom. The number of hydrogen-bond acceptors (Lipinski definition) is 3. The normalized spacial score (nSPS) is 12.1. The van der Waals surface area contributed by atoms with Gasteiger partial charge in [0.15, 0.2) is 0 Å². The van der Waals surface area contributed by atoms with Gasteiger partial charge in [0, 0.05) is 18.0 Å². The molecule has 0 aliphatic heterocycles. The molecule has 4 nitrogen and oxygen atoms in total. The van der Waals surface area contributed by atoms with E-state index in [1.54, 1.807) is 6.07 Å². The maximum Gasteiger partial charge on any atom is 0.248 e. The van der Waals surface area contributed by atoms with E-state index in [0.29, 0.717) is 18.3 Å². The molecule has 2 N–H and O–H groups in total. The van der Waals surface area contributed by atoms with Crippen LogP contribution in [0.3, 0.4) is 0 Å². The Labute approximate surface area is 189 Å². The second kappa shape index (κ2) is 10.3. The zero-order valence-electron chi connectivity index (χ0n) is 18.7. The van der Waals surface area contributed by atoms with Crippen LogP contribution in [0.2, 0.25) is 0 Å². The summed E-state index contributed by atoms with van der Waals surface area (Å²) >= 11 is 0. The summed E-state index contributed by atoms with van der Waals surface area (Å²) in [5.41, 5.74) is 5.57. The smallest absolute Gasteiger partial charge is 0.248 e. The molecule has 0 fully saturated rings. The molecule has 4 heteroatoms. The molecule has 0 bridgehead atoms. The van der Waals surface area contributed by atoms with Crippen LogP contribution < -0.4 is 15.6 Å². The number of aromatic nitrogens is 1. The van der Waals surface area contributed by atoms with Crippen LogP contribution in [-0.2, 0) is 13.0 Å². The number of fused-ring (bicyclic) bond motifs is 1. The average Bonchev–Trinajstić information content (AvgIpc) is 2.82. The first kappa shape index (κ1) is 21.8. The summed E-state index contributed by atoms with van der Waals surface area (Å²) < 4.78 is 6.07. The highest BCUT2D eigenvalue weighted by atomic mass is 16.5. The van der Waals surface area contributed by atoms with Crippen molar-refractivity contribution in [3.63, 3.8) is 0 Å². The van der Waals surface area contributed by atoms with Crippen molar-refractivity contribution in [2.75, 3.05) is 13.1 Å². The quantitative estimate of drug-likeness (QED) is 0.355. The van der Waals surface area contributed by atoms with Crippen molar-refractivity contribution in [3.8, 4) is 5.75 Å². The lowest BCUT2D eigenvalue weighted by atomic mass is 9.96. The van der Waals surface area contributed by atoms with Crippen LogP contribution in [0.25, 0.3) is 10.9 Å². The third-order valence-corrected chi connectivity index (χ3v) is 5.82. The van der Waals surface area contributed by atoms with Crippen molar-refractivity contribution in [1.29, 1.82) is 0 Å². The number of nitrogens with one attached hydrogen (secondary N) is 2. The third kappa shape index (κ3) is 5.45. The van der Waals surface area contributed by atoms with Crippen LogP contribution in [0.15, 0.2) is 83.7 Å². The van der Waals surface area contributed by atoms with Gasteiger partial charge < -0.3 is 15.0 Å². The van der Waals surface area contributed by atoms with Crippen molar-refractivity contribution < 1.29 is 4.74 Å². The van der Waals surface area contributed by atoms with Crippen molar-refractivity contribution in [2.45, 2.75) is 32.8 Å². The highest BCUT2D eigenvalue weighted by Crippen LogP contribution is 2.30. The van der Waals surface area contributed by atoms with Crippen LogP contribution in [0.5, 0.6) is 5.75 Å². The van der Waals surface area contributed by atoms with Crippen LogP contribution >= 0.6 is 0 Å². The third-order valence-electron chi connectivity index (χ3n) is 5.82. The van der Waals surface area contributed by atoms with Gasteiger partial charge in [-0.1, -0.05) is 73.2 Å². The summed E-state index contributed by atoms with van der Waals surface area (Å²) in [6.07, 6.45) is 1.01. The van der Waals surface area contributed by atoms with Gasteiger partial charge >= 0.3 is 0 Å². The number of ether oxygens (including phenoxy) is 1. The van der Waals surface area contributed by atoms with Gasteiger partial charge in [0.25, 0.3) is 0 Å². The summed E-state index contributed by atoms with van der Waals surface area (Å²) in [4.78, 5) is 15.0. The van der Waals surface area contributed by atoms with Gasteiger partial charge in [-0.05, 0) is 54.6 Å². The van der Waals surface area contributed by atoms with Crippen LogP contribution in [-0.4, -0.2) is 18.1 Å². The predicted octanol–water partition coefficient (Wildman–Crippen LogP) is 5.35. The molecular weight excluding hydrogens is 396 g/mol. The first-order chi connectivity index (χ1) is 15.6. The standard InChI is InChI=1S/C28H30N2O2/c1-20-8-10-22(11-9-20)16-17-29-18-21(2)24-12-14-26(28-25(24)13-15-27(31)30-28)32-19-23-6-4-3-5-7-23/h3-15,21,29H,16-19H2,1-2H3,(H,30,31)/t21-/m0/s1. The number of rotatable bonds is 9. The minimum atomic E-state index is -0.122. The number of hydrogen-bond donors (Lipinski definition) is 2. The molecule has 0 saturated carbocycles. The van der Waals surface area contributed by atoms with E-state index in [-0.39, 0.29) is 5.56 Å². The van der Waals surface area contributed by atoms with E-state index in [1.165, 1.54) is 16.7 Å². The van der Waals surface area contributed by atoms with Crippen molar-refractivity contribution in [2.24, 2.45) is 0 Å². The zero-order valence-corrected chi connectivity index (χ0v) is 18.7. The number of benzene rings is 3. The lowest BCUT2D eigenvalue weighted by Crippen LogP contribution is -2.23. The van der Waals surface area contributed by atoms with Crippen LogP contribution in [0.4, 0.5) is 0 Å². The molecule has 1 heterocycles. The molecular formula is C28H30N2O2. The van der Waals surface area contributed by atoms with Gasteiger partial charge in [-0.15, -0.1) is 0 Å². The van der Waals surface area contributed by atoms with E-state index >= 15 is 0 Å². The SMILES string of the molecule is Cc1ccc(CCNC[C@H](C)c2ccc(OCc3ccccc3)c3[nH]c(=O)ccc23)cc1. The molecule has 4 aromatic rings. The summed E-state index contributed by atoms with van der Waals surface area (Å²) in [7, 11) is 0. The average molecular weight is 427 g/mol. The lowest BCUT2D eigenvalue weighted by Gasteiger charge is -2.18. The van der Waals surface area contributed by atoms with Crippen LogP contribution in [0.1, 0.15) is 35.1 Å².